The van der Waals surface area contributed by atoms with Crippen LogP contribution in [0.1, 0.15) is 6.42 Å². The second-order valence-corrected chi connectivity index (χ2v) is 6.97. The molecule has 0 aromatic heterocycles. The van der Waals surface area contributed by atoms with E-state index in [0.29, 0.717) is 12.1 Å². The zero-order valence-electron chi connectivity index (χ0n) is 12.0. The lowest BCUT2D eigenvalue weighted by Gasteiger charge is -2.33. The Kier molecular flexibility index (Phi) is 5.27. The van der Waals surface area contributed by atoms with Crippen LogP contribution in [0.5, 0.6) is 0 Å². The standard InChI is InChI=1S/C13H15F3N2O4S/c14-9-1-2-10(13(16)12(9)15)23(21,22)18-7-5-17(6-8-18)4-3-11(19)20/h1-2H,3-8H2,(H,19,20). The van der Waals surface area contributed by atoms with E-state index in [1.807, 2.05) is 0 Å². The number of sulfonamides is 1. The largest absolute Gasteiger partial charge is 0.481 e. The molecule has 1 heterocycles. The average molecular weight is 352 g/mol. The lowest BCUT2D eigenvalue weighted by molar-refractivity contribution is -0.137. The molecule has 0 unspecified atom stereocenters. The van der Waals surface area contributed by atoms with Gasteiger partial charge in [-0.3, -0.25) is 4.79 Å². The summed E-state index contributed by atoms with van der Waals surface area (Å²) in [5, 5.41) is 8.61. The molecule has 1 N–H and O–H groups in total. The molecule has 1 aromatic carbocycles. The molecule has 0 aliphatic carbocycles. The number of carboxylic acids is 1. The van der Waals surface area contributed by atoms with Crippen molar-refractivity contribution < 1.29 is 31.5 Å². The van der Waals surface area contributed by atoms with Gasteiger partial charge >= 0.3 is 5.97 Å². The van der Waals surface area contributed by atoms with Crippen molar-refractivity contribution in [3.63, 3.8) is 0 Å². The van der Waals surface area contributed by atoms with Crippen LogP contribution in [0.3, 0.4) is 0 Å². The molecule has 0 saturated carbocycles. The van der Waals surface area contributed by atoms with Crippen LogP contribution in [0.4, 0.5) is 13.2 Å². The van der Waals surface area contributed by atoms with Crippen LogP contribution in [0.2, 0.25) is 0 Å². The van der Waals surface area contributed by atoms with Gasteiger partial charge in [-0.15, -0.1) is 0 Å². The first-order valence-electron chi connectivity index (χ1n) is 6.81. The van der Waals surface area contributed by atoms with E-state index >= 15 is 0 Å². The molecule has 6 nitrogen and oxygen atoms in total. The van der Waals surface area contributed by atoms with E-state index in [2.05, 4.69) is 0 Å². The minimum Gasteiger partial charge on any atom is -0.481 e. The highest BCUT2D eigenvalue weighted by Gasteiger charge is 2.32. The highest BCUT2D eigenvalue weighted by atomic mass is 32.2. The predicted molar refractivity (Wildman–Crippen MR) is 73.8 cm³/mol. The van der Waals surface area contributed by atoms with Crippen molar-refractivity contribution in [1.29, 1.82) is 0 Å². The van der Waals surface area contributed by atoms with Crippen LogP contribution in [-0.4, -0.2) is 61.4 Å². The lowest BCUT2D eigenvalue weighted by Crippen LogP contribution is -2.49. The van der Waals surface area contributed by atoms with Gasteiger partial charge in [-0.1, -0.05) is 0 Å². The Bertz CT molecular complexity index is 703. The lowest BCUT2D eigenvalue weighted by atomic mass is 10.3. The highest BCUT2D eigenvalue weighted by molar-refractivity contribution is 7.89. The number of rotatable bonds is 5. The number of carboxylic acid groups (broad SMARTS) is 1. The summed E-state index contributed by atoms with van der Waals surface area (Å²) in [6.07, 6.45) is -0.0649. The summed E-state index contributed by atoms with van der Waals surface area (Å²) in [5.74, 6) is -5.98. The van der Waals surface area contributed by atoms with Gasteiger partial charge < -0.3 is 10.0 Å². The third-order valence-corrected chi connectivity index (χ3v) is 5.51. The van der Waals surface area contributed by atoms with Gasteiger partial charge in [0.05, 0.1) is 6.42 Å². The van der Waals surface area contributed by atoms with Crippen molar-refractivity contribution in [3.05, 3.63) is 29.6 Å². The van der Waals surface area contributed by atoms with E-state index < -0.39 is 38.3 Å². The fraction of sp³-hybridized carbons (Fsp3) is 0.462. The minimum atomic E-state index is -4.28. The average Bonchev–Trinajstić information content (AvgIpc) is 2.51. The van der Waals surface area contributed by atoms with Crippen LogP contribution < -0.4 is 0 Å². The molecule has 128 valence electrons. The zero-order chi connectivity index (χ0) is 17.2. The summed E-state index contributed by atoms with van der Waals surface area (Å²) in [4.78, 5) is 11.4. The van der Waals surface area contributed by atoms with Crippen molar-refractivity contribution in [2.45, 2.75) is 11.3 Å². The van der Waals surface area contributed by atoms with Crippen LogP contribution in [0.25, 0.3) is 0 Å². The fourth-order valence-electron chi connectivity index (χ4n) is 2.29. The third-order valence-electron chi connectivity index (χ3n) is 3.59. The maximum Gasteiger partial charge on any atom is 0.304 e. The van der Waals surface area contributed by atoms with Crippen molar-refractivity contribution in [1.82, 2.24) is 9.21 Å². The first-order chi connectivity index (χ1) is 10.7. The van der Waals surface area contributed by atoms with E-state index in [4.69, 9.17) is 5.11 Å². The molecule has 0 amide bonds. The predicted octanol–water partition coefficient (Wildman–Crippen LogP) is 0.885. The van der Waals surface area contributed by atoms with Gasteiger partial charge in [0.1, 0.15) is 4.90 Å². The molecule has 1 fully saturated rings. The Balaban J connectivity index is 2.11. The van der Waals surface area contributed by atoms with E-state index in [9.17, 15) is 26.4 Å². The van der Waals surface area contributed by atoms with Gasteiger partial charge in [-0.25, -0.2) is 21.6 Å². The first-order valence-corrected chi connectivity index (χ1v) is 8.25. The molecule has 0 radical (unpaired) electrons. The molecule has 0 atom stereocenters. The third kappa shape index (κ3) is 3.82. The Morgan fingerprint density at radius 1 is 1.09 bits per heavy atom. The van der Waals surface area contributed by atoms with E-state index in [-0.39, 0.29) is 39.1 Å². The van der Waals surface area contributed by atoms with Gasteiger partial charge in [0.15, 0.2) is 17.5 Å². The second kappa shape index (κ2) is 6.85. The monoisotopic (exact) mass is 352 g/mol. The van der Waals surface area contributed by atoms with Crippen molar-refractivity contribution in [2.24, 2.45) is 0 Å². The number of halogens is 3. The summed E-state index contributed by atoms with van der Waals surface area (Å²) in [5.41, 5.74) is 0. The number of hydrogen-bond acceptors (Lipinski definition) is 4. The quantitative estimate of drug-likeness (QED) is 0.796. The SMILES string of the molecule is O=C(O)CCN1CCN(S(=O)(=O)c2ccc(F)c(F)c2F)CC1. The van der Waals surface area contributed by atoms with Gasteiger partial charge in [0.2, 0.25) is 10.0 Å². The number of piperazine rings is 1. The number of carbonyl (C=O) groups is 1. The number of benzene rings is 1. The zero-order valence-corrected chi connectivity index (χ0v) is 12.8. The van der Waals surface area contributed by atoms with Crippen LogP contribution >= 0.6 is 0 Å². The highest BCUT2D eigenvalue weighted by Crippen LogP contribution is 2.23. The molecule has 10 heteroatoms. The van der Waals surface area contributed by atoms with Crippen molar-refractivity contribution in [2.75, 3.05) is 32.7 Å². The van der Waals surface area contributed by atoms with E-state index in [1.54, 1.807) is 4.90 Å². The topological polar surface area (TPSA) is 77.9 Å². The van der Waals surface area contributed by atoms with Gasteiger partial charge in [0.25, 0.3) is 0 Å². The summed E-state index contributed by atoms with van der Waals surface area (Å²) in [6, 6.07) is 1.26. The van der Waals surface area contributed by atoms with E-state index in [1.165, 1.54) is 0 Å². The Labute approximate surface area is 131 Å². The minimum absolute atomic E-state index is 0.0143. The van der Waals surface area contributed by atoms with Gasteiger partial charge in [-0.2, -0.15) is 4.31 Å². The first kappa shape index (κ1) is 17.7. The molecule has 0 spiro atoms. The molecule has 1 aromatic rings. The number of hydrogen-bond donors (Lipinski definition) is 1. The molecule has 23 heavy (non-hydrogen) atoms. The molecular formula is C13H15F3N2O4S. The van der Waals surface area contributed by atoms with Gasteiger partial charge in [0, 0.05) is 32.7 Å². The van der Waals surface area contributed by atoms with Crippen LogP contribution in [0, 0.1) is 17.5 Å². The Hall–Kier alpha value is -1.65. The molecule has 0 bridgehead atoms. The van der Waals surface area contributed by atoms with Crippen LogP contribution in [0.15, 0.2) is 17.0 Å². The van der Waals surface area contributed by atoms with Crippen LogP contribution in [-0.2, 0) is 14.8 Å². The second-order valence-electron chi connectivity index (χ2n) is 5.06. The Morgan fingerprint density at radius 3 is 2.26 bits per heavy atom. The van der Waals surface area contributed by atoms with Gasteiger partial charge in [-0.05, 0) is 12.1 Å². The van der Waals surface area contributed by atoms with Crippen molar-refractivity contribution in [3.8, 4) is 0 Å². The maximum absolute atomic E-state index is 13.7. The summed E-state index contributed by atoms with van der Waals surface area (Å²) < 4.78 is 65.5. The Morgan fingerprint density at radius 2 is 1.70 bits per heavy atom. The van der Waals surface area contributed by atoms with Crippen molar-refractivity contribution >= 4 is 16.0 Å². The summed E-state index contributed by atoms with van der Waals surface area (Å²) in [6.45, 7) is 0.860. The molecule has 2 rings (SSSR count). The number of nitrogens with zero attached hydrogens (tertiary/aromatic N) is 2. The molecular weight excluding hydrogens is 337 g/mol. The summed E-state index contributed by atoms with van der Waals surface area (Å²) in [7, 11) is -4.28. The summed E-state index contributed by atoms with van der Waals surface area (Å²) >= 11 is 0. The fourth-order valence-corrected chi connectivity index (χ4v) is 3.77. The normalized spacial score (nSPS) is 17.3. The number of aliphatic carboxylic acids is 1. The molecule has 1 aliphatic rings. The van der Waals surface area contributed by atoms with E-state index in [0.717, 1.165) is 4.31 Å². The smallest absolute Gasteiger partial charge is 0.304 e. The molecule has 1 aliphatic heterocycles. The maximum atomic E-state index is 13.7. The molecule has 1 saturated heterocycles.